The third-order valence-electron chi connectivity index (χ3n) is 3.45. The van der Waals surface area contributed by atoms with Crippen LogP contribution in [-0.4, -0.2) is 37.0 Å². The van der Waals surface area contributed by atoms with Crippen LogP contribution in [0.15, 0.2) is 48.6 Å². The van der Waals surface area contributed by atoms with Crippen molar-refractivity contribution in [3.05, 3.63) is 71.8 Å². The SMILES string of the molecule is O=C(COC(=O)/C=C/C(=O)OCC(=O)Nc1ccc(F)c(F)c1)Nc1ccc(F)c(F)c1. The lowest BCUT2D eigenvalue weighted by Crippen LogP contribution is -2.21. The Hall–Kier alpha value is -4.22. The van der Waals surface area contributed by atoms with Gasteiger partial charge in [-0.1, -0.05) is 0 Å². The van der Waals surface area contributed by atoms with Gasteiger partial charge in [-0.3, -0.25) is 9.59 Å². The molecule has 0 aromatic heterocycles. The average Bonchev–Trinajstić information content (AvgIpc) is 2.74. The molecule has 0 unspecified atom stereocenters. The summed E-state index contributed by atoms with van der Waals surface area (Å²) in [7, 11) is 0. The van der Waals surface area contributed by atoms with Gasteiger partial charge in [0.05, 0.1) is 0 Å². The van der Waals surface area contributed by atoms with Crippen molar-refractivity contribution in [3.63, 3.8) is 0 Å². The maximum atomic E-state index is 13.1. The number of halogens is 4. The van der Waals surface area contributed by atoms with Crippen LogP contribution in [0.2, 0.25) is 0 Å². The fourth-order valence-electron chi connectivity index (χ4n) is 2.05. The van der Waals surface area contributed by atoms with Gasteiger partial charge >= 0.3 is 11.9 Å². The smallest absolute Gasteiger partial charge is 0.331 e. The molecule has 0 saturated heterocycles. The molecular weight excluding hydrogens is 440 g/mol. The summed E-state index contributed by atoms with van der Waals surface area (Å²) in [5, 5.41) is 4.32. The van der Waals surface area contributed by atoms with Crippen LogP contribution >= 0.6 is 0 Å². The highest BCUT2D eigenvalue weighted by Crippen LogP contribution is 2.13. The van der Waals surface area contributed by atoms with Gasteiger partial charge in [-0.05, 0) is 24.3 Å². The van der Waals surface area contributed by atoms with E-state index in [9.17, 15) is 36.7 Å². The van der Waals surface area contributed by atoms with Crippen LogP contribution in [0, 0.1) is 23.3 Å². The summed E-state index contributed by atoms with van der Waals surface area (Å²) in [6.07, 6.45) is 1.25. The van der Waals surface area contributed by atoms with Crippen molar-refractivity contribution < 1.29 is 46.2 Å². The predicted molar refractivity (Wildman–Crippen MR) is 101 cm³/mol. The molecule has 0 saturated carbocycles. The first-order valence-corrected chi connectivity index (χ1v) is 8.65. The number of amides is 2. The number of carbonyl (C=O) groups excluding carboxylic acids is 4. The van der Waals surface area contributed by atoms with Gasteiger partial charge in [0.1, 0.15) is 0 Å². The van der Waals surface area contributed by atoms with Crippen LogP contribution in [0.25, 0.3) is 0 Å². The molecule has 0 radical (unpaired) electrons. The first kappa shape index (κ1) is 24.1. The van der Waals surface area contributed by atoms with Gasteiger partial charge in [0, 0.05) is 35.7 Å². The normalized spacial score (nSPS) is 10.5. The monoisotopic (exact) mass is 454 g/mol. The molecule has 0 aliphatic rings. The highest BCUT2D eigenvalue weighted by Gasteiger charge is 2.10. The molecule has 168 valence electrons. The standard InChI is InChI=1S/C20H14F4N2O6/c21-13-3-1-11(7-15(13)23)25-17(27)9-31-19(29)5-6-20(30)32-10-18(28)26-12-2-4-14(22)16(24)8-12/h1-8H,9-10H2,(H,25,27)(H,26,28)/b6-5+. The van der Waals surface area contributed by atoms with Crippen molar-refractivity contribution in [2.24, 2.45) is 0 Å². The molecule has 2 N–H and O–H groups in total. The Balaban J connectivity index is 1.70. The zero-order valence-corrected chi connectivity index (χ0v) is 16.0. The zero-order chi connectivity index (χ0) is 23.7. The second-order valence-corrected chi connectivity index (χ2v) is 5.90. The van der Waals surface area contributed by atoms with E-state index >= 15 is 0 Å². The quantitative estimate of drug-likeness (QED) is 0.360. The molecule has 0 bridgehead atoms. The van der Waals surface area contributed by atoms with Crippen molar-refractivity contribution in [2.75, 3.05) is 23.8 Å². The fraction of sp³-hybridized carbons (Fsp3) is 0.100. The molecule has 0 atom stereocenters. The summed E-state index contributed by atoms with van der Waals surface area (Å²) in [6.45, 7) is -1.57. The van der Waals surface area contributed by atoms with Gasteiger partial charge in [-0.15, -0.1) is 0 Å². The predicted octanol–water partition coefficient (Wildman–Crippen LogP) is 2.46. The van der Waals surface area contributed by atoms with E-state index in [1.807, 2.05) is 0 Å². The molecule has 2 rings (SSSR count). The van der Waals surface area contributed by atoms with Crippen molar-refractivity contribution in [2.45, 2.75) is 0 Å². The summed E-state index contributed by atoms with van der Waals surface area (Å²) in [4.78, 5) is 46.2. The lowest BCUT2D eigenvalue weighted by Gasteiger charge is -2.06. The minimum atomic E-state index is -1.18. The van der Waals surface area contributed by atoms with E-state index in [1.54, 1.807) is 0 Å². The van der Waals surface area contributed by atoms with E-state index in [1.165, 1.54) is 0 Å². The van der Waals surface area contributed by atoms with Crippen LogP contribution in [0.5, 0.6) is 0 Å². The summed E-state index contributed by atoms with van der Waals surface area (Å²) in [6, 6.07) is 5.24. The van der Waals surface area contributed by atoms with Crippen molar-refractivity contribution in [1.29, 1.82) is 0 Å². The second-order valence-electron chi connectivity index (χ2n) is 5.90. The fourth-order valence-corrected chi connectivity index (χ4v) is 2.05. The van der Waals surface area contributed by atoms with Gasteiger partial charge in [0.15, 0.2) is 36.5 Å². The number of anilines is 2. The average molecular weight is 454 g/mol. The molecule has 2 amide bonds. The van der Waals surface area contributed by atoms with Gasteiger partial charge in [-0.2, -0.15) is 0 Å². The topological polar surface area (TPSA) is 111 Å². The number of rotatable bonds is 8. The maximum Gasteiger partial charge on any atom is 0.331 e. The van der Waals surface area contributed by atoms with Gasteiger partial charge in [-0.25, -0.2) is 27.2 Å². The van der Waals surface area contributed by atoms with Crippen LogP contribution in [0.3, 0.4) is 0 Å². The van der Waals surface area contributed by atoms with Crippen molar-refractivity contribution in [1.82, 2.24) is 0 Å². The third kappa shape index (κ3) is 7.89. The molecule has 2 aromatic rings. The number of hydrogen-bond acceptors (Lipinski definition) is 6. The number of ether oxygens (including phenoxy) is 2. The van der Waals surface area contributed by atoms with Crippen LogP contribution in [0.1, 0.15) is 0 Å². The zero-order valence-electron chi connectivity index (χ0n) is 16.0. The molecule has 0 aliphatic heterocycles. The van der Waals surface area contributed by atoms with Gasteiger partial charge in [0.2, 0.25) is 0 Å². The van der Waals surface area contributed by atoms with E-state index in [0.717, 1.165) is 36.4 Å². The number of carbonyl (C=O) groups is 4. The van der Waals surface area contributed by atoms with Crippen LogP contribution in [0.4, 0.5) is 28.9 Å². The van der Waals surface area contributed by atoms with Crippen molar-refractivity contribution >= 4 is 35.1 Å². The lowest BCUT2D eigenvalue weighted by atomic mass is 10.3. The number of hydrogen-bond donors (Lipinski definition) is 2. The summed E-state index contributed by atoms with van der Waals surface area (Å²) < 4.78 is 60.8. The Morgan fingerprint density at radius 3 is 1.38 bits per heavy atom. The molecule has 8 nitrogen and oxygen atoms in total. The molecule has 0 aliphatic carbocycles. The molecular formula is C20H14F4N2O6. The molecule has 32 heavy (non-hydrogen) atoms. The van der Waals surface area contributed by atoms with E-state index < -0.39 is 60.2 Å². The molecule has 0 heterocycles. The van der Waals surface area contributed by atoms with Gasteiger partial charge < -0.3 is 20.1 Å². The Bertz CT molecular complexity index is 991. The second kappa shape index (κ2) is 11.2. The van der Waals surface area contributed by atoms with Crippen molar-refractivity contribution in [3.8, 4) is 0 Å². The first-order valence-electron chi connectivity index (χ1n) is 8.65. The lowest BCUT2D eigenvalue weighted by molar-refractivity contribution is -0.144. The van der Waals surface area contributed by atoms with E-state index in [2.05, 4.69) is 20.1 Å². The van der Waals surface area contributed by atoms with E-state index in [0.29, 0.717) is 12.2 Å². The highest BCUT2D eigenvalue weighted by atomic mass is 19.2. The Labute approximate surface area is 177 Å². The Morgan fingerprint density at radius 2 is 1.03 bits per heavy atom. The Kier molecular flexibility index (Phi) is 8.45. The number of benzene rings is 2. The first-order chi connectivity index (χ1) is 15.1. The summed E-state index contributed by atoms with van der Waals surface area (Å²) in [5.74, 6) is -8.48. The van der Waals surface area contributed by atoms with Gasteiger partial charge in [0.25, 0.3) is 11.8 Å². The molecule has 0 spiro atoms. The highest BCUT2D eigenvalue weighted by molar-refractivity contribution is 5.97. The summed E-state index contributed by atoms with van der Waals surface area (Å²) in [5.41, 5.74) is -0.128. The van der Waals surface area contributed by atoms with Crippen LogP contribution in [-0.2, 0) is 28.7 Å². The van der Waals surface area contributed by atoms with Crippen LogP contribution < -0.4 is 10.6 Å². The summed E-state index contributed by atoms with van der Waals surface area (Å²) >= 11 is 0. The largest absolute Gasteiger partial charge is 0.452 e. The molecule has 0 fully saturated rings. The number of esters is 2. The molecule has 2 aromatic carbocycles. The maximum absolute atomic E-state index is 13.1. The molecule has 12 heteroatoms. The minimum Gasteiger partial charge on any atom is -0.452 e. The minimum absolute atomic E-state index is 0.0641. The van der Waals surface area contributed by atoms with E-state index in [4.69, 9.17) is 0 Å². The number of nitrogens with one attached hydrogen (secondary N) is 2. The van der Waals surface area contributed by atoms with E-state index in [-0.39, 0.29) is 11.4 Å². The Morgan fingerprint density at radius 1 is 0.656 bits per heavy atom. The third-order valence-corrected chi connectivity index (χ3v) is 3.45.